The Hall–Kier alpha value is -3.39. The molecule has 8 heteroatoms. The molecule has 0 saturated carbocycles. The van der Waals surface area contributed by atoms with Gasteiger partial charge in [0.15, 0.2) is 11.5 Å². The topological polar surface area (TPSA) is 95.7 Å². The van der Waals surface area contributed by atoms with Crippen molar-refractivity contribution in [2.75, 3.05) is 20.0 Å². The highest BCUT2D eigenvalue weighted by Crippen LogP contribution is 2.37. The molecule has 1 aromatic carbocycles. The van der Waals surface area contributed by atoms with Gasteiger partial charge in [0.05, 0.1) is 19.3 Å². The van der Waals surface area contributed by atoms with Crippen molar-refractivity contribution in [2.24, 2.45) is 5.92 Å². The van der Waals surface area contributed by atoms with E-state index in [4.69, 9.17) is 24.1 Å². The van der Waals surface area contributed by atoms with Crippen molar-refractivity contribution in [1.82, 2.24) is 14.5 Å². The van der Waals surface area contributed by atoms with Crippen molar-refractivity contribution in [3.05, 3.63) is 60.7 Å². The van der Waals surface area contributed by atoms with Crippen LogP contribution in [0.15, 0.2) is 55.1 Å². The number of nitrogens with zero attached hydrogens (tertiary/aromatic N) is 3. The quantitative estimate of drug-likeness (QED) is 0.679. The predicted octanol–water partition coefficient (Wildman–Crippen LogP) is 2.80. The van der Waals surface area contributed by atoms with Gasteiger partial charge in [-0.1, -0.05) is 0 Å². The van der Waals surface area contributed by atoms with Crippen LogP contribution in [0.4, 0.5) is 0 Å². The van der Waals surface area contributed by atoms with Crippen molar-refractivity contribution in [1.29, 1.82) is 0 Å². The van der Waals surface area contributed by atoms with Gasteiger partial charge in [0.2, 0.25) is 6.79 Å². The van der Waals surface area contributed by atoms with Crippen LogP contribution < -0.4 is 9.47 Å². The van der Waals surface area contributed by atoms with Crippen molar-refractivity contribution in [3.8, 4) is 22.9 Å². The fourth-order valence-corrected chi connectivity index (χ4v) is 3.75. The summed E-state index contributed by atoms with van der Waals surface area (Å²) in [6.07, 6.45) is 8.54. The van der Waals surface area contributed by atoms with E-state index in [0.717, 1.165) is 35.9 Å². The lowest BCUT2D eigenvalue weighted by Gasteiger charge is -2.21. The first kappa shape index (κ1) is 18.9. The number of aromatic nitrogens is 3. The molecule has 0 unspecified atom stereocenters. The minimum atomic E-state index is -0.250. The molecule has 150 valence electrons. The minimum Gasteiger partial charge on any atom is -0.483 e. The lowest BCUT2D eigenvalue weighted by molar-refractivity contribution is -0.122. The molecule has 4 heterocycles. The molecule has 0 amide bonds. The number of imidazole rings is 1. The van der Waals surface area contributed by atoms with Crippen LogP contribution in [0.1, 0.15) is 11.6 Å². The molecule has 29 heavy (non-hydrogen) atoms. The highest BCUT2D eigenvalue weighted by Gasteiger charge is 2.31. The number of carboxylic acid groups (broad SMARTS) is 1. The molecule has 2 aliphatic heterocycles. The summed E-state index contributed by atoms with van der Waals surface area (Å²) in [6, 6.07) is 10.4. The second-order valence-electron chi connectivity index (χ2n) is 6.76. The van der Waals surface area contributed by atoms with Crippen LogP contribution in [0.5, 0.6) is 11.5 Å². The third-order valence-corrected chi connectivity index (χ3v) is 5.07. The van der Waals surface area contributed by atoms with Crippen LogP contribution in [-0.4, -0.2) is 46.1 Å². The number of hydrogen-bond donors (Lipinski definition) is 1. The summed E-state index contributed by atoms with van der Waals surface area (Å²) in [5.41, 5.74) is 2.30. The van der Waals surface area contributed by atoms with E-state index < -0.39 is 0 Å². The number of benzene rings is 1. The second kappa shape index (κ2) is 8.74. The van der Waals surface area contributed by atoms with Crippen molar-refractivity contribution in [3.63, 3.8) is 0 Å². The van der Waals surface area contributed by atoms with E-state index in [9.17, 15) is 0 Å². The molecule has 1 fully saturated rings. The molecule has 2 atom stereocenters. The van der Waals surface area contributed by atoms with E-state index in [0.29, 0.717) is 12.5 Å². The Kier molecular flexibility index (Phi) is 5.71. The van der Waals surface area contributed by atoms with Crippen LogP contribution in [0.2, 0.25) is 0 Å². The third-order valence-electron chi connectivity index (χ3n) is 5.07. The highest BCUT2D eigenvalue weighted by molar-refractivity contribution is 5.62. The van der Waals surface area contributed by atoms with E-state index in [1.54, 1.807) is 0 Å². The van der Waals surface area contributed by atoms with Gasteiger partial charge in [0.25, 0.3) is 6.47 Å². The van der Waals surface area contributed by atoms with Crippen LogP contribution >= 0.6 is 0 Å². The average molecular weight is 395 g/mol. The predicted molar refractivity (Wildman–Crippen MR) is 104 cm³/mol. The monoisotopic (exact) mass is 395 g/mol. The zero-order valence-electron chi connectivity index (χ0n) is 15.7. The van der Waals surface area contributed by atoms with E-state index in [-0.39, 0.29) is 19.3 Å². The largest absolute Gasteiger partial charge is 0.483 e. The van der Waals surface area contributed by atoms with Crippen LogP contribution in [-0.2, 0) is 16.0 Å². The molecule has 1 saturated heterocycles. The molecule has 0 aliphatic carbocycles. The maximum atomic E-state index is 8.36. The number of carbonyl (C=O) groups is 1. The van der Waals surface area contributed by atoms with Gasteiger partial charge in [-0.15, -0.1) is 0 Å². The fourth-order valence-electron chi connectivity index (χ4n) is 3.75. The highest BCUT2D eigenvalue weighted by atomic mass is 16.7. The first-order valence-electron chi connectivity index (χ1n) is 9.27. The fraction of sp³-hybridized carbons (Fsp3) is 0.286. The molecule has 1 N–H and O–H groups in total. The zero-order chi connectivity index (χ0) is 20.1. The van der Waals surface area contributed by atoms with Gasteiger partial charge < -0.3 is 23.9 Å². The normalized spacial score (nSPS) is 19.4. The standard InChI is InChI=1S/C20H19N3O3.CH2O2/c1-2-18-19(26-13-25-18)10-15(1)20-22-7-8-23(20)17-12-24-11-16(17)9-14-3-5-21-6-4-14;2-1-3/h1-8,10,16-17H,9,11-13H2;1H,(H,2,3)/t16-,17-;/m1./s1. The summed E-state index contributed by atoms with van der Waals surface area (Å²) in [5, 5.41) is 6.89. The van der Waals surface area contributed by atoms with Gasteiger partial charge in [0.1, 0.15) is 5.82 Å². The van der Waals surface area contributed by atoms with Gasteiger partial charge in [-0.25, -0.2) is 4.98 Å². The molecule has 0 radical (unpaired) electrons. The SMILES string of the molecule is O=CO.c1cc(C[C@@H]2COC[C@H]2n2ccnc2-c2ccc3c(c2)OCO3)ccn1. The summed E-state index contributed by atoms with van der Waals surface area (Å²) in [5.74, 6) is 2.89. The summed E-state index contributed by atoms with van der Waals surface area (Å²) < 4.78 is 19.0. The van der Waals surface area contributed by atoms with Gasteiger partial charge in [-0.05, 0) is 42.3 Å². The molecule has 3 aromatic rings. The molecule has 2 aromatic heterocycles. The molecule has 0 spiro atoms. The number of ether oxygens (including phenoxy) is 3. The Balaban J connectivity index is 0.000000645. The van der Waals surface area contributed by atoms with Crippen LogP contribution in [0, 0.1) is 5.92 Å². The van der Waals surface area contributed by atoms with E-state index in [2.05, 4.69) is 26.7 Å². The van der Waals surface area contributed by atoms with Crippen LogP contribution in [0.25, 0.3) is 11.4 Å². The first-order valence-corrected chi connectivity index (χ1v) is 9.27. The average Bonchev–Trinajstić information content (AvgIpc) is 3.49. The lowest BCUT2D eigenvalue weighted by atomic mass is 9.95. The Morgan fingerprint density at radius 2 is 1.90 bits per heavy atom. The second-order valence-corrected chi connectivity index (χ2v) is 6.76. The summed E-state index contributed by atoms with van der Waals surface area (Å²) in [7, 11) is 0. The van der Waals surface area contributed by atoms with Crippen molar-refractivity contribution in [2.45, 2.75) is 12.5 Å². The molecular weight excluding hydrogens is 374 g/mol. The van der Waals surface area contributed by atoms with E-state index in [1.807, 2.05) is 43.0 Å². The van der Waals surface area contributed by atoms with Gasteiger partial charge in [-0.2, -0.15) is 0 Å². The molecule has 5 rings (SSSR count). The Labute approximate surface area is 167 Å². The minimum absolute atomic E-state index is 0.250. The van der Waals surface area contributed by atoms with Gasteiger partial charge >= 0.3 is 0 Å². The smallest absolute Gasteiger partial charge is 0.290 e. The third kappa shape index (κ3) is 4.07. The van der Waals surface area contributed by atoms with Gasteiger partial charge in [-0.3, -0.25) is 9.78 Å². The summed E-state index contributed by atoms with van der Waals surface area (Å²) in [6.45, 7) is 1.48. The first-order chi connectivity index (χ1) is 14.3. The summed E-state index contributed by atoms with van der Waals surface area (Å²) in [4.78, 5) is 17.1. The molecule has 0 bridgehead atoms. The molecule has 2 aliphatic rings. The number of fused-ring (bicyclic) bond motifs is 1. The van der Waals surface area contributed by atoms with Gasteiger partial charge in [0, 0.05) is 36.3 Å². The maximum Gasteiger partial charge on any atom is 0.290 e. The lowest BCUT2D eigenvalue weighted by Crippen LogP contribution is -2.20. The molecule has 8 nitrogen and oxygen atoms in total. The Morgan fingerprint density at radius 1 is 1.10 bits per heavy atom. The number of pyridine rings is 1. The van der Waals surface area contributed by atoms with E-state index >= 15 is 0 Å². The van der Waals surface area contributed by atoms with Crippen molar-refractivity contribution >= 4 is 6.47 Å². The zero-order valence-corrected chi connectivity index (χ0v) is 15.7. The Morgan fingerprint density at radius 3 is 2.72 bits per heavy atom. The maximum absolute atomic E-state index is 8.36. The van der Waals surface area contributed by atoms with Crippen molar-refractivity contribution < 1.29 is 24.1 Å². The number of rotatable bonds is 4. The Bertz CT molecular complexity index is 960. The van der Waals surface area contributed by atoms with Crippen LogP contribution in [0.3, 0.4) is 0 Å². The summed E-state index contributed by atoms with van der Waals surface area (Å²) >= 11 is 0. The molecular formula is C21H21N3O5. The number of hydrogen-bond acceptors (Lipinski definition) is 6. The van der Waals surface area contributed by atoms with E-state index in [1.165, 1.54) is 5.56 Å².